The zero-order valence-corrected chi connectivity index (χ0v) is 14.4. The van der Waals surface area contributed by atoms with Crippen LogP contribution in [0.3, 0.4) is 0 Å². The number of nitrogen functional groups attached to an aromatic ring is 1. The summed E-state index contributed by atoms with van der Waals surface area (Å²) < 4.78 is 11.3. The second-order valence-corrected chi connectivity index (χ2v) is 6.10. The minimum absolute atomic E-state index is 0.255. The van der Waals surface area contributed by atoms with Crippen molar-refractivity contribution in [2.45, 2.75) is 13.0 Å². The predicted octanol–water partition coefficient (Wildman–Crippen LogP) is 3.12. The van der Waals surface area contributed by atoms with Gasteiger partial charge in [0.25, 0.3) is 0 Å². The molecule has 3 aromatic rings. The van der Waals surface area contributed by atoms with Crippen LogP contribution in [0.25, 0.3) is 22.6 Å². The number of ether oxygens (including phenoxy) is 1. The molecule has 6 heteroatoms. The largest absolute Gasteiger partial charge is 0.497 e. The first-order valence-corrected chi connectivity index (χ1v) is 8.38. The van der Waals surface area contributed by atoms with E-state index in [4.69, 9.17) is 14.9 Å². The number of fused-ring (bicyclic) bond motifs is 1. The zero-order chi connectivity index (χ0) is 18.1. The van der Waals surface area contributed by atoms with Crippen molar-refractivity contribution in [3.8, 4) is 34.5 Å². The van der Waals surface area contributed by atoms with E-state index in [-0.39, 0.29) is 5.82 Å². The quantitative estimate of drug-likeness (QED) is 0.756. The monoisotopic (exact) mass is 346 g/mol. The first-order chi connectivity index (χ1) is 12.7. The van der Waals surface area contributed by atoms with Crippen LogP contribution >= 0.6 is 0 Å². The first kappa shape index (κ1) is 16.2. The standard InChI is InChI=1S/C20H18N4O2/c1-25-13-4-2-12(3-5-13)17-6-7-18(26-17)19-14(10-21)20(22)24-16-8-9-23-11-15(16)19/h2-7,23H,8-9,11H2,1H3,(H2,22,24). The van der Waals surface area contributed by atoms with E-state index in [9.17, 15) is 5.26 Å². The number of methoxy groups -OCH3 is 1. The number of nitrogens with zero attached hydrogens (tertiary/aromatic N) is 2. The molecule has 2 aromatic heterocycles. The predicted molar refractivity (Wildman–Crippen MR) is 98.5 cm³/mol. The number of hydrogen-bond donors (Lipinski definition) is 2. The van der Waals surface area contributed by atoms with Crippen LogP contribution < -0.4 is 15.8 Å². The number of aromatic nitrogens is 1. The summed E-state index contributed by atoms with van der Waals surface area (Å²) in [7, 11) is 1.63. The maximum absolute atomic E-state index is 9.60. The number of nitrogens with two attached hydrogens (primary N) is 1. The molecule has 0 saturated carbocycles. The Morgan fingerprint density at radius 3 is 2.69 bits per heavy atom. The fourth-order valence-corrected chi connectivity index (χ4v) is 3.28. The lowest BCUT2D eigenvalue weighted by atomic mass is 9.95. The maximum atomic E-state index is 9.60. The van der Waals surface area contributed by atoms with E-state index in [2.05, 4.69) is 16.4 Å². The van der Waals surface area contributed by atoms with Gasteiger partial charge in [-0.05, 0) is 42.0 Å². The molecule has 1 aromatic carbocycles. The van der Waals surface area contributed by atoms with Crippen molar-refractivity contribution < 1.29 is 9.15 Å². The Morgan fingerprint density at radius 1 is 1.19 bits per heavy atom. The van der Waals surface area contributed by atoms with Crippen LogP contribution in [0.2, 0.25) is 0 Å². The summed E-state index contributed by atoms with van der Waals surface area (Å²) in [5.41, 5.74) is 9.98. The number of nitrogens with one attached hydrogen (secondary N) is 1. The molecule has 0 aliphatic carbocycles. The van der Waals surface area contributed by atoms with Crippen molar-refractivity contribution in [1.29, 1.82) is 5.26 Å². The lowest BCUT2D eigenvalue weighted by Gasteiger charge is -2.20. The third-order valence-corrected chi connectivity index (χ3v) is 4.59. The summed E-state index contributed by atoms with van der Waals surface area (Å²) in [6, 6.07) is 13.6. The number of rotatable bonds is 3. The Labute approximate surface area is 151 Å². The van der Waals surface area contributed by atoms with Crippen molar-refractivity contribution in [1.82, 2.24) is 10.3 Å². The van der Waals surface area contributed by atoms with Gasteiger partial charge in [0.2, 0.25) is 0 Å². The zero-order valence-electron chi connectivity index (χ0n) is 14.4. The Bertz CT molecular complexity index is 1000. The van der Waals surface area contributed by atoms with Crippen LogP contribution in [0.1, 0.15) is 16.8 Å². The highest BCUT2D eigenvalue weighted by molar-refractivity contribution is 5.78. The SMILES string of the molecule is COc1ccc(-c2ccc(-c3c(C#N)c(N)nc4c3CNCC4)o2)cc1. The molecule has 4 rings (SSSR count). The van der Waals surface area contributed by atoms with Crippen LogP contribution in [-0.2, 0) is 13.0 Å². The van der Waals surface area contributed by atoms with E-state index in [1.165, 1.54) is 0 Å². The molecule has 130 valence electrons. The van der Waals surface area contributed by atoms with E-state index in [0.29, 0.717) is 17.9 Å². The van der Waals surface area contributed by atoms with Crippen LogP contribution in [0.5, 0.6) is 5.75 Å². The molecule has 0 radical (unpaired) electrons. The molecule has 0 spiro atoms. The smallest absolute Gasteiger partial charge is 0.142 e. The van der Waals surface area contributed by atoms with E-state index in [1.54, 1.807) is 7.11 Å². The molecule has 6 nitrogen and oxygen atoms in total. The molecule has 0 saturated heterocycles. The molecule has 3 heterocycles. The molecule has 3 N–H and O–H groups in total. The summed E-state index contributed by atoms with van der Waals surface area (Å²) >= 11 is 0. The highest BCUT2D eigenvalue weighted by Gasteiger charge is 2.24. The number of anilines is 1. The molecule has 0 fully saturated rings. The van der Waals surface area contributed by atoms with Gasteiger partial charge in [-0.25, -0.2) is 4.98 Å². The Morgan fingerprint density at radius 2 is 1.96 bits per heavy atom. The van der Waals surface area contributed by atoms with Gasteiger partial charge in [0.1, 0.15) is 34.7 Å². The molecular formula is C20H18N4O2. The van der Waals surface area contributed by atoms with Crippen LogP contribution in [-0.4, -0.2) is 18.6 Å². The Kier molecular flexibility index (Phi) is 4.07. The van der Waals surface area contributed by atoms with E-state index in [0.717, 1.165) is 46.9 Å². The van der Waals surface area contributed by atoms with E-state index >= 15 is 0 Å². The normalized spacial score (nSPS) is 13.1. The third kappa shape index (κ3) is 2.68. The minimum atomic E-state index is 0.255. The van der Waals surface area contributed by atoms with Crippen molar-refractivity contribution in [3.63, 3.8) is 0 Å². The van der Waals surface area contributed by atoms with Crippen LogP contribution in [0, 0.1) is 11.3 Å². The summed E-state index contributed by atoms with van der Waals surface area (Å²) in [4.78, 5) is 4.41. The molecule has 26 heavy (non-hydrogen) atoms. The van der Waals surface area contributed by atoms with Crippen molar-refractivity contribution in [2.24, 2.45) is 0 Å². The second-order valence-electron chi connectivity index (χ2n) is 6.10. The second kappa shape index (κ2) is 6.54. The van der Waals surface area contributed by atoms with Gasteiger partial charge in [-0.1, -0.05) is 0 Å². The topological polar surface area (TPSA) is 97.1 Å². The van der Waals surface area contributed by atoms with Gasteiger partial charge >= 0.3 is 0 Å². The average Bonchev–Trinajstić information content (AvgIpc) is 3.16. The number of hydrogen-bond acceptors (Lipinski definition) is 6. The molecule has 0 bridgehead atoms. The van der Waals surface area contributed by atoms with Gasteiger partial charge in [0.05, 0.1) is 7.11 Å². The lowest BCUT2D eigenvalue weighted by molar-refractivity contribution is 0.415. The molecule has 0 atom stereocenters. The van der Waals surface area contributed by atoms with Gasteiger partial charge in [-0.2, -0.15) is 5.26 Å². The van der Waals surface area contributed by atoms with Crippen LogP contribution in [0.4, 0.5) is 5.82 Å². The Balaban J connectivity index is 1.82. The Hall–Kier alpha value is -3.30. The summed E-state index contributed by atoms with van der Waals surface area (Å²) in [5, 5.41) is 12.9. The summed E-state index contributed by atoms with van der Waals surface area (Å²) in [6.07, 6.45) is 0.782. The fourth-order valence-electron chi connectivity index (χ4n) is 3.28. The summed E-state index contributed by atoms with van der Waals surface area (Å²) in [6.45, 7) is 1.49. The molecule has 1 aliphatic rings. The lowest BCUT2D eigenvalue weighted by Crippen LogP contribution is -2.26. The molecule has 0 amide bonds. The van der Waals surface area contributed by atoms with Gasteiger partial charge < -0.3 is 20.2 Å². The van der Waals surface area contributed by atoms with Gasteiger partial charge in [-0.3, -0.25) is 0 Å². The highest BCUT2D eigenvalue weighted by Crippen LogP contribution is 2.36. The molecular weight excluding hydrogens is 328 g/mol. The van der Waals surface area contributed by atoms with Gasteiger partial charge in [-0.15, -0.1) is 0 Å². The third-order valence-electron chi connectivity index (χ3n) is 4.59. The van der Waals surface area contributed by atoms with Crippen molar-refractivity contribution in [3.05, 3.63) is 53.2 Å². The fraction of sp³-hybridized carbons (Fsp3) is 0.200. The van der Waals surface area contributed by atoms with E-state index < -0.39 is 0 Å². The number of benzene rings is 1. The number of pyridine rings is 1. The molecule has 1 aliphatic heterocycles. The van der Waals surface area contributed by atoms with Crippen molar-refractivity contribution in [2.75, 3.05) is 19.4 Å². The highest BCUT2D eigenvalue weighted by atomic mass is 16.5. The first-order valence-electron chi connectivity index (χ1n) is 8.38. The average molecular weight is 346 g/mol. The molecule has 0 unspecified atom stereocenters. The maximum Gasteiger partial charge on any atom is 0.142 e. The van der Waals surface area contributed by atoms with Gasteiger partial charge in [0, 0.05) is 36.3 Å². The summed E-state index contributed by atoms with van der Waals surface area (Å²) in [5.74, 6) is 2.39. The van der Waals surface area contributed by atoms with Crippen LogP contribution in [0.15, 0.2) is 40.8 Å². The number of nitriles is 1. The van der Waals surface area contributed by atoms with E-state index in [1.807, 2.05) is 36.4 Å². The number of furan rings is 1. The minimum Gasteiger partial charge on any atom is -0.497 e. The van der Waals surface area contributed by atoms with Crippen molar-refractivity contribution >= 4 is 5.82 Å². The van der Waals surface area contributed by atoms with Gasteiger partial charge in [0.15, 0.2) is 0 Å².